The maximum absolute atomic E-state index is 5.88. The SMILES string of the molecule is CN1CCC(CN)C(c2cccc(Br)c2)C1. The summed E-state index contributed by atoms with van der Waals surface area (Å²) in [5.74, 6) is 1.21. The third kappa shape index (κ3) is 2.65. The van der Waals surface area contributed by atoms with E-state index in [0.29, 0.717) is 11.8 Å². The summed E-state index contributed by atoms with van der Waals surface area (Å²) >= 11 is 3.54. The molecule has 0 radical (unpaired) electrons. The number of likely N-dealkylation sites (tertiary alicyclic amines) is 1. The lowest BCUT2D eigenvalue weighted by molar-refractivity contribution is 0.193. The molecular weight excluding hydrogens is 264 g/mol. The van der Waals surface area contributed by atoms with Gasteiger partial charge < -0.3 is 10.6 Å². The average Bonchev–Trinajstić information content (AvgIpc) is 2.29. The molecule has 2 rings (SSSR count). The van der Waals surface area contributed by atoms with Gasteiger partial charge in [0.15, 0.2) is 0 Å². The van der Waals surface area contributed by atoms with E-state index in [9.17, 15) is 0 Å². The van der Waals surface area contributed by atoms with Crippen LogP contribution in [0.3, 0.4) is 0 Å². The summed E-state index contributed by atoms with van der Waals surface area (Å²) in [5, 5.41) is 0. The Bertz CT molecular complexity index is 354. The van der Waals surface area contributed by atoms with E-state index in [0.717, 1.165) is 17.6 Å². The van der Waals surface area contributed by atoms with E-state index in [1.807, 2.05) is 0 Å². The summed E-state index contributed by atoms with van der Waals surface area (Å²) in [6.07, 6.45) is 1.21. The van der Waals surface area contributed by atoms with Crippen LogP contribution in [0.5, 0.6) is 0 Å². The van der Waals surface area contributed by atoms with Crippen LogP contribution >= 0.6 is 15.9 Å². The third-order valence-corrected chi connectivity index (χ3v) is 4.03. The maximum atomic E-state index is 5.88. The van der Waals surface area contributed by atoms with Gasteiger partial charge in [-0.15, -0.1) is 0 Å². The van der Waals surface area contributed by atoms with Crippen molar-refractivity contribution >= 4 is 15.9 Å². The number of nitrogens with two attached hydrogens (primary N) is 1. The van der Waals surface area contributed by atoms with Crippen molar-refractivity contribution < 1.29 is 0 Å². The molecule has 2 N–H and O–H groups in total. The van der Waals surface area contributed by atoms with Crippen LogP contribution in [0.4, 0.5) is 0 Å². The van der Waals surface area contributed by atoms with Crippen LogP contribution in [0.1, 0.15) is 17.9 Å². The first-order chi connectivity index (χ1) is 7.70. The average molecular weight is 283 g/mol. The van der Waals surface area contributed by atoms with E-state index in [-0.39, 0.29) is 0 Å². The van der Waals surface area contributed by atoms with Crippen molar-refractivity contribution in [2.24, 2.45) is 11.7 Å². The van der Waals surface area contributed by atoms with Crippen molar-refractivity contribution in [3.05, 3.63) is 34.3 Å². The van der Waals surface area contributed by atoms with Crippen molar-refractivity contribution in [2.75, 3.05) is 26.7 Å². The first kappa shape index (κ1) is 12.1. The summed E-state index contributed by atoms with van der Waals surface area (Å²) in [4.78, 5) is 2.40. The Morgan fingerprint density at radius 1 is 1.50 bits per heavy atom. The highest BCUT2D eigenvalue weighted by Crippen LogP contribution is 2.32. The number of hydrogen-bond acceptors (Lipinski definition) is 2. The molecule has 0 saturated carbocycles. The van der Waals surface area contributed by atoms with Crippen LogP contribution in [0, 0.1) is 5.92 Å². The smallest absolute Gasteiger partial charge is 0.0178 e. The lowest BCUT2D eigenvalue weighted by Gasteiger charge is -2.36. The molecule has 0 amide bonds. The Morgan fingerprint density at radius 2 is 2.31 bits per heavy atom. The van der Waals surface area contributed by atoms with Gasteiger partial charge in [-0.3, -0.25) is 0 Å². The van der Waals surface area contributed by atoms with Gasteiger partial charge in [-0.2, -0.15) is 0 Å². The molecule has 0 spiro atoms. The maximum Gasteiger partial charge on any atom is 0.0178 e. The molecule has 1 fully saturated rings. The highest BCUT2D eigenvalue weighted by Gasteiger charge is 2.27. The molecule has 0 aliphatic carbocycles. The van der Waals surface area contributed by atoms with Crippen LogP contribution in [-0.4, -0.2) is 31.6 Å². The number of rotatable bonds is 2. The minimum absolute atomic E-state index is 0.584. The second kappa shape index (κ2) is 5.30. The van der Waals surface area contributed by atoms with Gasteiger partial charge in [-0.25, -0.2) is 0 Å². The number of hydrogen-bond donors (Lipinski definition) is 1. The monoisotopic (exact) mass is 282 g/mol. The van der Waals surface area contributed by atoms with E-state index >= 15 is 0 Å². The summed E-state index contributed by atoms with van der Waals surface area (Å²) in [6.45, 7) is 3.09. The Morgan fingerprint density at radius 3 is 3.00 bits per heavy atom. The van der Waals surface area contributed by atoms with Crippen LogP contribution in [0.15, 0.2) is 28.7 Å². The molecule has 2 atom stereocenters. The lowest BCUT2D eigenvalue weighted by atomic mass is 9.81. The minimum Gasteiger partial charge on any atom is -0.330 e. The zero-order valence-corrected chi connectivity index (χ0v) is 11.3. The molecule has 0 bridgehead atoms. The number of piperidine rings is 1. The van der Waals surface area contributed by atoms with E-state index in [4.69, 9.17) is 5.73 Å². The van der Waals surface area contributed by atoms with Gasteiger partial charge in [0.2, 0.25) is 0 Å². The first-order valence-corrected chi connectivity index (χ1v) is 6.64. The highest BCUT2D eigenvalue weighted by atomic mass is 79.9. The molecule has 1 aromatic carbocycles. The molecule has 2 unspecified atom stereocenters. The van der Waals surface area contributed by atoms with Crippen molar-refractivity contribution in [3.8, 4) is 0 Å². The van der Waals surface area contributed by atoms with E-state index in [1.54, 1.807) is 0 Å². The molecule has 16 heavy (non-hydrogen) atoms. The molecule has 3 heteroatoms. The standard InChI is InChI=1S/C13H19BrN2/c1-16-6-5-11(8-15)13(9-16)10-3-2-4-12(14)7-10/h2-4,7,11,13H,5-6,8-9,15H2,1H3. The lowest BCUT2D eigenvalue weighted by Crippen LogP contribution is -2.39. The fourth-order valence-corrected chi connectivity index (χ4v) is 2.98. The number of likely N-dealkylation sites (N-methyl/N-ethyl adjacent to an activating group) is 1. The van der Waals surface area contributed by atoms with Gasteiger partial charge in [-0.05, 0) is 50.2 Å². The van der Waals surface area contributed by atoms with Crippen molar-refractivity contribution in [1.82, 2.24) is 4.90 Å². The highest BCUT2D eigenvalue weighted by molar-refractivity contribution is 9.10. The predicted molar refractivity (Wildman–Crippen MR) is 71.5 cm³/mol. The van der Waals surface area contributed by atoms with Gasteiger partial charge in [0, 0.05) is 16.9 Å². The predicted octanol–water partition coefficient (Wildman–Crippen LogP) is 2.44. The van der Waals surface area contributed by atoms with Crippen LogP contribution in [-0.2, 0) is 0 Å². The molecule has 0 aromatic heterocycles. The quantitative estimate of drug-likeness (QED) is 0.903. The van der Waals surface area contributed by atoms with Crippen LogP contribution in [0.25, 0.3) is 0 Å². The number of benzene rings is 1. The zero-order valence-electron chi connectivity index (χ0n) is 9.70. The summed E-state index contributed by atoms with van der Waals surface area (Å²) in [7, 11) is 2.19. The Balaban J connectivity index is 2.22. The Kier molecular flexibility index (Phi) is 4.00. The molecule has 2 nitrogen and oxygen atoms in total. The zero-order chi connectivity index (χ0) is 11.5. The van der Waals surface area contributed by atoms with Crippen LogP contribution < -0.4 is 5.73 Å². The van der Waals surface area contributed by atoms with E-state index in [1.165, 1.54) is 18.5 Å². The van der Waals surface area contributed by atoms with Gasteiger partial charge in [0.25, 0.3) is 0 Å². The van der Waals surface area contributed by atoms with Gasteiger partial charge >= 0.3 is 0 Å². The van der Waals surface area contributed by atoms with Crippen molar-refractivity contribution in [1.29, 1.82) is 0 Å². The Labute approximate surface area is 106 Å². The van der Waals surface area contributed by atoms with Crippen LogP contribution in [0.2, 0.25) is 0 Å². The summed E-state index contributed by atoms with van der Waals surface area (Å²) in [6, 6.07) is 8.64. The van der Waals surface area contributed by atoms with Gasteiger partial charge in [0.1, 0.15) is 0 Å². The summed E-state index contributed by atoms with van der Waals surface area (Å²) in [5.41, 5.74) is 7.30. The van der Waals surface area contributed by atoms with E-state index < -0.39 is 0 Å². The minimum atomic E-state index is 0.584. The largest absolute Gasteiger partial charge is 0.330 e. The Hall–Kier alpha value is -0.380. The first-order valence-electron chi connectivity index (χ1n) is 5.85. The molecule has 1 heterocycles. The third-order valence-electron chi connectivity index (χ3n) is 3.54. The fraction of sp³-hybridized carbons (Fsp3) is 0.538. The van der Waals surface area contributed by atoms with E-state index in [2.05, 4.69) is 52.1 Å². The normalized spacial score (nSPS) is 26.9. The number of halogens is 1. The topological polar surface area (TPSA) is 29.3 Å². The fourth-order valence-electron chi connectivity index (χ4n) is 2.56. The van der Waals surface area contributed by atoms with Crippen molar-refractivity contribution in [3.63, 3.8) is 0 Å². The number of nitrogens with zero attached hydrogens (tertiary/aromatic N) is 1. The summed E-state index contributed by atoms with van der Waals surface area (Å²) < 4.78 is 1.16. The second-order valence-electron chi connectivity index (χ2n) is 4.71. The van der Waals surface area contributed by atoms with Crippen molar-refractivity contribution in [2.45, 2.75) is 12.3 Å². The second-order valence-corrected chi connectivity index (χ2v) is 5.62. The molecule has 1 aliphatic heterocycles. The van der Waals surface area contributed by atoms with Gasteiger partial charge in [-0.1, -0.05) is 28.1 Å². The molecule has 1 aromatic rings. The molecule has 1 saturated heterocycles. The molecular formula is C13H19BrN2. The molecule has 88 valence electrons. The van der Waals surface area contributed by atoms with Gasteiger partial charge in [0.05, 0.1) is 0 Å². The molecule has 1 aliphatic rings.